The van der Waals surface area contributed by atoms with Crippen LogP contribution < -0.4 is 0 Å². The molecule has 3 nitrogen and oxygen atoms in total. The van der Waals surface area contributed by atoms with Gasteiger partial charge in [0.25, 0.3) is 0 Å². The van der Waals surface area contributed by atoms with Crippen molar-refractivity contribution in [2.24, 2.45) is 10.1 Å². The van der Waals surface area contributed by atoms with E-state index in [1.807, 2.05) is 44.2 Å². The Hall–Kier alpha value is -2.02. The number of aliphatic imine (C=N–C) groups is 1. The van der Waals surface area contributed by atoms with Crippen molar-refractivity contribution in [1.29, 1.82) is 0 Å². The highest BCUT2D eigenvalue weighted by Crippen LogP contribution is 2.36. The van der Waals surface area contributed by atoms with Crippen LogP contribution in [0.2, 0.25) is 0 Å². The number of nitrogens with zero attached hydrogens (tertiary/aromatic N) is 2. The maximum absolute atomic E-state index is 12.9. The molecule has 0 aliphatic carbocycles. The molecule has 2 rings (SSSR count). The quantitative estimate of drug-likeness (QED) is 0.575. The van der Waals surface area contributed by atoms with Crippen LogP contribution in [0.1, 0.15) is 33.3 Å². The Morgan fingerprint density at radius 1 is 1.27 bits per heavy atom. The van der Waals surface area contributed by atoms with Crippen LogP contribution in [-0.4, -0.2) is 29.6 Å². The summed E-state index contributed by atoms with van der Waals surface area (Å²) < 4.78 is 38.8. The van der Waals surface area contributed by atoms with Crippen molar-refractivity contribution < 1.29 is 18.0 Å². The molecule has 142 valence electrons. The van der Waals surface area contributed by atoms with Crippen molar-refractivity contribution in [1.82, 2.24) is 0 Å². The van der Waals surface area contributed by atoms with E-state index in [0.717, 1.165) is 12.5 Å². The van der Waals surface area contributed by atoms with Crippen LogP contribution in [0.25, 0.3) is 5.57 Å². The Morgan fingerprint density at radius 3 is 2.42 bits per heavy atom. The number of rotatable bonds is 5. The third-order valence-corrected chi connectivity index (χ3v) is 4.42. The standard InChI is InChI=1S/C17H17F3N2OS.C2H6/c1-11(14-7-5-4-6-8-14)9-16(24-12(2)17(18,19)20)15-10-23-22-13(3)21-15;1-2/h4-9,12H,1,10H2,2-3H3;1-2H3/b16-9-;. The van der Waals surface area contributed by atoms with Gasteiger partial charge in [0.1, 0.15) is 5.25 Å². The Balaban J connectivity index is 0.00000163. The molecule has 0 aromatic heterocycles. The molecule has 0 N–H and O–H groups in total. The SMILES string of the molecule is C=C(/C=C(\SC(C)C(F)(F)F)C1=NC(C)=NOC1)c1ccccc1.CC. The van der Waals surface area contributed by atoms with Crippen LogP contribution in [-0.2, 0) is 4.84 Å². The van der Waals surface area contributed by atoms with Crippen molar-refractivity contribution >= 4 is 28.9 Å². The number of hydrogen-bond acceptors (Lipinski definition) is 4. The molecule has 0 saturated heterocycles. The van der Waals surface area contributed by atoms with Gasteiger partial charge >= 0.3 is 6.18 Å². The number of thioether (sulfide) groups is 1. The van der Waals surface area contributed by atoms with E-state index >= 15 is 0 Å². The number of halogens is 3. The predicted octanol–water partition coefficient (Wildman–Crippen LogP) is 6.10. The van der Waals surface area contributed by atoms with Crippen molar-refractivity contribution in [3.05, 3.63) is 53.5 Å². The van der Waals surface area contributed by atoms with E-state index in [0.29, 0.717) is 33.8 Å². The molecule has 0 radical (unpaired) electrons. The lowest BCUT2D eigenvalue weighted by atomic mass is 10.1. The van der Waals surface area contributed by atoms with Crippen molar-refractivity contribution in [2.75, 3.05) is 6.61 Å². The summed E-state index contributed by atoms with van der Waals surface area (Å²) in [6.45, 7) is 10.7. The molecule has 1 aromatic rings. The van der Waals surface area contributed by atoms with Crippen molar-refractivity contribution in [2.45, 2.75) is 39.1 Å². The highest BCUT2D eigenvalue weighted by Gasteiger charge is 2.37. The fraction of sp³-hybridized carbons (Fsp3) is 0.368. The van der Waals surface area contributed by atoms with E-state index in [9.17, 15) is 13.2 Å². The normalized spacial score (nSPS) is 15.7. The first kappa shape index (κ1) is 22.0. The van der Waals surface area contributed by atoms with Gasteiger partial charge in [0.15, 0.2) is 12.4 Å². The Labute approximate surface area is 156 Å². The largest absolute Gasteiger partial charge is 0.400 e. The summed E-state index contributed by atoms with van der Waals surface area (Å²) in [6.07, 6.45) is -2.69. The van der Waals surface area contributed by atoms with Crippen LogP contribution >= 0.6 is 11.8 Å². The zero-order valence-electron chi connectivity index (χ0n) is 15.3. The first-order chi connectivity index (χ1) is 12.3. The number of oxime groups is 1. The number of hydrogen-bond donors (Lipinski definition) is 0. The summed E-state index contributed by atoms with van der Waals surface area (Å²) in [7, 11) is 0. The maximum Gasteiger partial charge on any atom is 0.400 e. The molecule has 1 aliphatic heterocycles. The lowest BCUT2D eigenvalue weighted by Gasteiger charge is -2.19. The van der Waals surface area contributed by atoms with Gasteiger partial charge in [0.05, 0.1) is 5.71 Å². The monoisotopic (exact) mass is 384 g/mol. The predicted molar refractivity (Wildman–Crippen MR) is 105 cm³/mol. The van der Waals surface area contributed by atoms with E-state index in [2.05, 4.69) is 16.7 Å². The lowest BCUT2D eigenvalue weighted by molar-refractivity contribution is -0.125. The third kappa shape index (κ3) is 6.71. The van der Waals surface area contributed by atoms with Gasteiger partial charge in [-0.3, -0.25) is 0 Å². The molecule has 0 fully saturated rings. The van der Waals surface area contributed by atoms with Gasteiger partial charge < -0.3 is 4.84 Å². The number of alkyl halides is 3. The first-order valence-corrected chi connectivity index (χ1v) is 9.09. The molecule has 1 atom stereocenters. The van der Waals surface area contributed by atoms with Gasteiger partial charge in [-0.1, -0.05) is 55.9 Å². The van der Waals surface area contributed by atoms with E-state index in [-0.39, 0.29) is 6.61 Å². The highest BCUT2D eigenvalue weighted by atomic mass is 32.2. The smallest absolute Gasteiger partial charge is 0.388 e. The fourth-order valence-corrected chi connectivity index (χ4v) is 2.86. The lowest BCUT2D eigenvalue weighted by Crippen LogP contribution is -2.24. The molecule has 1 aromatic carbocycles. The fourth-order valence-electron chi connectivity index (χ4n) is 1.90. The molecule has 0 spiro atoms. The molecular weight excluding hydrogens is 361 g/mol. The molecule has 0 bridgehead atoms. The minimum absolute atomic E-state index is 0.0306. The van der Waals surface area contributed by atoms with Crippen LogP contribution in [0.4, 0.5) is 13.2 Å². The van der Waals surface area contributed by atoms with Gasteiger partial charge in [-0.15, -0.1) is 11.8 Å². The number of amidine groups is 1. The molecule has 1 aliphatic rings. The minimum atomic E-state index is -4.31. The molecule has 0 saturated carbocycles. The van der Waals surface area contributed by atoms with Gasteiger partial charge in [0, 0.05) is 4.91 Å². The van der Waals surface area contributed by atoms with Crippen LogP contribution in [0, 0.1) is 0 Å². The van der Waals surface area contributed by atoms with Crippen LogP contribution in [0.15, 0.2) is 58.0 Å². The Morgan fingerprint density at radius 2 is 1.88 bits per heavy atom. The molecular formula is C19H23F3N2OS. The summed E-state index contributed by atoms with van der Waals surface area (Å²) >= 11 is 0.693. The second-order valence-corrected chi connectivity index (χ2v) is 6.55. The highest BCUT2D eigenvalue weighted by molar-refractivity contribution is 8.04. The summed E-state index contributed by atoms with van der Waals surface area (Å²) in [5, 5.41) is 2.10. The van der Waals surface area contributed by atoms with E-state index in [4.69, 9.17) is 4.84 Å². The second-order valence-electron chi connectivity index (χ2n) is 5.17. The Bertz CT molecular complexity index is 694. The molecule has 1 heterocycles. The third-order valence-electron chi connectivity index (χ3n) is 3.19. The van der Waals surface area contributed by atoms with E-state index in [1.165, 1.54) is 0 Å². The van der Waals surface area contributed by atoms with Gasteiger partial charge in [-0.2, -0.15) is 13.2 Å². The van der Waals surface area contributed by atoms with Crippen LogP contribution in [0.3, 0.4) is 0 Å². The number of benzene rings is 1. The summed E-state index contributed by atoms with van der Waals surface area (Å²) in [5.41, 5.74) is 1.86. The maximum atomic E-state index is 12.9. The van der Waals surface area contributed by atoms with Crippen molar-refractivity contribution in [3.63, 3.8) is 0 Å². The molecule has 0 amide bonds. The number of allylic oxidation sites excluding steroid dienone is 2. The van der Waals surface area contributed by atoms with Gasteiger partial charge in [-0.05, 0) is 31.1 Å². The summed E-state index contributed by atoms with van der Waals surface area (Å²) in [4.78, 5) is 9.61. The van der Waals surface area contributed by atoms with E-state index in [1.54, 1.807) is 13.0 Å². The first-order valence-electron chi connectivity index (χ1n) is 8.21. The summed E-state index contributed by atoms with van der Waals surface area (Å²) in [6, 6.07) is 9.25. The Kier molecular flexibility index (Phi) is 8.65. The average molecular weight is 384 g/mol. The van der Waals surface area contributed by atoms with Gasteiger partial charge in [-0.25, -0.2) is 4.99 Å². The summed E-state index contributed by atoms with van der Waals surface area (Å²) in [5.74, 6) is 0.368. The van der Waals surface area contributed by atoms with Crippen LogP contribution in [0.5, 0.6) is 0 Å². The molecule has 1 unspecified atom stereocenters. The van der Waals surface area contributed by atoms with Crippen molar-refractivity contribution in [3.8, 4) is 0 Å². The molecule has 7 heteroatoms. The van der Waals surface area contributed by atoms with Gasteiger partial charge in [0.2, 0.25) is 0 Å². The zero-order chi connectivity index (χ0) is 19.7. The molecule has 26 heavy (non-hydrogen) atoms. The average Bonchev–Trinajstić information content (AvgIpc) is 2.62. The zero-order valence-corrected chi connectivity index (χ0v) is 16.1. The topological polar surface area (TPSA) is 34.0 Å². The minimum Gasteiger partial charge on any atom is -0.388 e. The van der Waals surface area contributed by atoms with E-state index < -0.39 is 11.4 Å². The second kappa shape index (κ2) is 10.2.